The standard InChI is InChI=1S/C12H15FN2O2S/c13-10-1-2-11(12(7-10)15(16)17)14-8-9-3-5-18-6-4-9/h1-2,7,9,14H,3-6,8H2. The molecule has 0 amide bonds. The van der Waals surface area contributed by atoms with Gasteiger partial charge in [-0.1, -0.05) is 0 Å². The molecule has 1 fully saturated rings. The molecule has 1 aliphatic heterocycles. The van der Waals surface area contributed by atoms with Crippen LogP contribution in [0.4, 0.5) is 15.8 Å². The number of nitrogens with one attached hydrogen (secondary N) is 1. The summed E-state index contributed by atoms with van der Waals surface area (Å²) in [6.07, 6.45) is 2.26. The van der Waals surface area contributed by atoms with Crippen LogP contribution in [0.25, 0.3) is 0 Å². The number of nitrogens with zero attached hydrogens (tertiary/aromatic N) is 1. The summed E-state index contributed by atoms with van der Waals surface area (Å²) in [4.78, 5) is 10.3. The van der Waals surface area contributed by atoms with Gasteiger partial charge in [0, 0.05) is 6.54 Å². The zero-order valence-corrected chi connectivity index (χ0v) is 10.7. The third kappa shape index (κ3) is 3.35. The van der Waals surface area contributed by atoms with E-state index < -0.39 is 10.7 Å². The highest BCUT2D eigenvalue weighted by Gasteiger charge is 2.17. The molecule has 0 aliphatic carbocycles. The fourth-order valence-electron chi connectivity index (χ4n) is 2.01. The molecule has 18 heavy (non-hydrogen) atoms. The lowest BCUT2D eigenvalue weighted by atomic mass is 10.0. The highest BCUT2D eigenvalue weighted by atomic mass is 32.2. The van der Waals surface area contributed by atoms with E-state index in [1.165, 1.54) is 12.1 Å². The van der Waals surface area contributed by atoms with Crippen LogP contribution in [0.15, 0.2) is 18.2 Å². The summed E-state index contributed by atoms with van der Waals surface area (Å²) in [7, 11) is 0. The Kier molecular flexibility index (Phi) is 4.41. The van der Waals surface area contributed by atoms with Crippen LogP contribution in [0.3, 0.4) is 0 Å². The van der Waals surface area contributed by atoms with Crippen molar-refractivity contribution in [2.75, 3.05) is 23.4 Å². The monoisotopic (exact) mass is 270 g/mol. The van der Waals surface area contributed by atoms with Crippen LogP contribution >= 0.6 is 11.8 Å². The predicted octanol–water partition coefficient (Wildman–Crippen LogP) is 3.29. The lowest BCUT2D eigenvalue weighted by molar-refractivity contribution is -0.384. The average Bonchev–Trinajstić information content (AvgIpc) is 2.38. The maximum absolute atomic E-state index is 13.0. The first-order chi connectivity index (χ1) is 8.66. The molecule has 0 atom stereocenters. The second-order valence-corrected chi connectivity index (χ2v) is 5.58. The van der Waals surface area contributed by atoms with E-state index in [0.29, 0.717) is 18.2 Å². The number of hydrogen-bond acceptors (Lipinski definition) is 4. The van der Waals surface area contributed by atoms with Crippen LogP contribution < -0.4 is 5.32 Å². The van der Waals surface area contributed by atoms with Gasteiger partial charge >= 0.3 is 0 Å². The highest BCUT2D eigenvalue weighted by molar-refractivity contribution is 7.99. The molecule has 1 saturated heterocycles. The molecule has 0 bridgehead atoms. The third-order valence-electron chi connectivity index (χ3n) is 3.08. The first-order valence-corrected chi connectivity index (χ1v) is 7.08. The molecule has 0 unspecified atom stereocenters. The van der Waals surface area contributed by atoms with E-state index in [1.54, 1.807) is 0 Å². The van der Waals surface area contributed by atoms with Crippen LogP contribution in [-0.4, -0.2) is 23.0 Å². The second-order valence-electron chi connectivity index (χ2n) is 4.36. The zero-order valence-electron chi connectivity index (χ0n) is 9.89. The van der Waals surface area contributed by atoms with E-state index in [1.807, 2.05) is 11.8 Å². The SMILES string of the molecule is O=[N+]([O-])c1cc(F)ccc1NCC1CCSCC1. The van der Waals surface area contributed by atoms with Crippen molar-refractivity contribution in [3.05, 3.63) is 34.1 Å². The van der Waals surface area contributed by atoms with Crippen LogP contribution in [0.5, 0.6) is 0 Å². The number of halogens is 1. The van der Waals surface area contributed by atoms with Gasteiger partial charge in [0.25, 0.3) is 5.69 Å². The summed E-state index contributed by atoms with van der Waals surface area (Å²) in [5.41, 5.74) is 0.208. The molecular formula is C12H15FN2O2S. The first kappa shape index (κ1) is 13.1. The molecule has 1 aromatic rings. The Morgan fingerprint density at radius 2 is 2.17 bits per heavy atom. The molecule has 4 nitrogen and oxygen atoms in total. The summed E-state index contributed by atoms with van der Waals surface area (Å²) >= 11 is 1.94. The summed E-state index contributed by atoms with van der Waals surface area (Å²) in [5, 5.41) is 13.9. The van der Waals surface area contributed by atoms with Gasteiger partial charge < -0.3 is 5.32 Å². The lowest BCUT2D eigenvalue weighted by Crippen LogP contribution is -2.19. The van der Waals surface area contributed by atoms with Crippen molar-refractivity contribution in [3.63, 3.8) is 0 Å². The van der Waals surface area contributed by atoms with Gasteiger partial charge in [0.15, 0.2) is 0 Å². The predicted molar refractivity (Wildman–Crippen MR) is 71.6 cm³/mol. The molecule has 6 heteroatoms. The van der Waals surface area contributed by atoms with E-state index in [2.05, 4.69) is 5.32 Å². The molecule has 1 aliphatic rings. The Morgan fingerprint density at radius 1 is 1.44 bits per heavy atom. The largest absolute Gasteiger partial charge is 0.379 e. The molecule has 0 spiro atoms. The summed E-state index contributed by atoms with van der Waals surface area (Å²) < 4.78 is 13.0. The van der Waals surface area contributed by atoms with Gasteiger partial charge in [-0.2, -0.15) is 11.8 Å². The van der Waals surface area contributed by atoms with Crippen molar-refractivity contribution in [1.29, 1.82) is 0 Å². The minimum Gasteiger partial charge on any atom is -0.379 e. The fraction of sp³-hybridized carbons (Fsp3) is 0.500. The average molecular weight is 270 g/mol. The number of nitro groups is 1. The topological polar surface area (TPSA) is 55.2 Å². The Labute approximate surface area is 109 Å². The van der Waals surface area contributed by atoms with Crippen molar-refractivity contribution in [3.8, 4) is 0 Å². The second kappa shape index (κ2) is 6.04. The van der Waals surface area contributed by atoms with E-state index in [0.717, 1.165) is 30.4 Å². The lowest BCUT2D eigenvalue weighted by Gasteiger charge is -2.21. The fourth-order valence-corrected chi connectivity index (χ4v) is 3.21. The van der Waals surface area contributed by atoms with Crippen molar-refractivity contribution >= 4 is 23.1 Å². The van der Waals surface area contributed by atoms with E-state index in [4.69, 9.17) is 0 Å². The Hall–Kier alpha value is -1.30. The van der Waals surface area contributed by atoms with Gasteiger partial charge in [0.2, 0.25) is 0 Å². The van der Waals surface area contributed by atoms with Crippen molar-refractivity contribution in [2.24, 2.45) is 5.92 Å². The van der Waals surface area contributed by atoms with E-state index in [-0.39, 0.29) is 5.69 Å². The quantitative estimate of drug-likeness (QED) is 0.673. The summed E-state index contributed by atoms with van der Waals surface area (Å²) in [6.45, 7) is 0.715. The third-order valence-corrected chi connectivity index (χ3v) is 4.13. The van der Waals surface area contributed by atoms with Crippen LogP contribution in [0.1, 0.15) is 12.8 Å². The number of anilines is 1. The molecule has 1 N–H and O–H groups in total. The number of nitro benzene ring substituents is 1. The normalized spacial score (nSPS) is 16.5. The van der Waals surface area contributed by atoms with Gasteiger partial charge in [0.1, 0.15) is 11.5 Å². The van der Waals surface area contributed by atoms with Gasteiger partial charge in [-0.3, -0.25) is 10.1 Å². The minimum absolute atomic E-state index is 0.194. The summed E-state index contributed by atoms with van der Waals surface area (Å²) in [6, 6.07) is 3.64. The molecule has 98 valence electrons. The van der Waals surface area contributed by atoms with Gasteiger partial charge in [-0.25, -0.2) is 4.39 Å². The number of hydrogen-bond donors (Lipinski definition) is 1. The zero-order chi connectivity index (χ0) is 13.0. The molecule has 0 radical (unpaired) electrons. The highest BCUT2D eigenvalue weighted by Crippen LogP contribution is 2.27. The molecular weight excluding hydrogens is 255 g/mol. The van der Waals surface area contributed by atoms with Crippen LogP contribution in [0.2, 0.25) is 0 Å². The van der Waals surface area contributed by atoms with Gasteiger partial charge in [-0.05, 0) is 42.4 Å². The summed E-state index contributed by atoms with van der Waals surface area (Å²) in [5.74, 6) is 2.27. The smallest absolute Gasteiger partial charge is 0.295 e. The number of benzene rings is 1. The van der Waals surface area contributed by atoms with E-state index >= 15 is 0 Å². The Bertz CT molecular complexity index is 436. The van der Waals surface area contributed by atoms with E-state index in [9.17, 15) is 14.5 Å². The molecule has 1 heterocycles. The molecule has 0 saturated carbocycles. The number of thioether (sulfide) groups is 1. The molecule has 0 aromatic heterocycles. The minimum atomic E-state index is -0.582. The Balaban J connectivity index is 2.01. The van der Waals surface area contributed by atoms with Gasteiger partial charge in [0.05, 0.1) is 11.0 Å². The maximum atomic E-state index is 13.0. The van der Waals surface area contributed by atoms with Crippen molar-refractivity contribution in [1.82, 2.24) is 0 Å². The van der Waals surface area contributed by atoms with Crippen LogP contribution in [-0.2, 0) is 0 Å². The van der Waals surface area contributed by atoms with Gasteiger partial charge in [-0.15, -0.1) is 0 Å². The van der Waals surface area contributed by atoms with Crippen molar-refractivity contribution < 1.29 is 9.31 Å². The Morgan fingerprint density at radius 3 is 2.83 bits per heavy atom. The van der Waals surface area contributed by atoms with Crippen LogP contribution in [0, 0.1) is 21.8 Å². The molecule has 1 aromatic carbocycles. The molecule has 2 rings (SSSR count). The number of rotatable bonds is 4. The van der Waals surface area contributed by atoms with Crippen molar-refractivity contribution in [2.45, 2.75) is 12.8 Å². The first-order valence-electron chi connectivity index (χ1n) is 5.92. The maximum Gasteiger partial charge on any atom is 0.295 e.